The Morgan fingerprint density at radius 1 is 1.27 bits per heavy atom. The highest BCUT2D eigenvalue weighted by molar-refractivity contribution is 5.94. The standard InChI is InChI=1S/C16H20N4O2/c1-11(2)7-9-17-16-18-10-8-14(20-16)19-13-6-4-3-5-12(13)15(21)22/h3-6,8,10-11H,7,9H2,1-2H3,(H,21,22)(H2,17,18,19,20). The van der Waals surface area contributed by atoms with Crippen molar-refractivity contribution in [3.63, 3.8) is 0 Å². The average molecular weight is 300 g/mol. The monoisotopic (exact) mass is 300 g/mol. The smallest absolute Gasteiger partial charge is 0.337 e. The summed E-state index contributed by atoms with van der Waals surface area (Å²) in [6.07, 6.45) is 2.67. The van der Waals surface area contributed by atoms with Crippen molar-refractivity contribution in [1.82, 2.24) is 9.97 Å². The van der Waals surface area contributed by atoms with Gasteiger partial charge >= 0.3 is 5.97 Å². The SMILES string of the molecule is CC(C)CCNc1nccc(Nc2ccccc2C(=O)O)n1. The predicted octanol–water partition coefficient (Wildman–Crippen LogP) is 3.38. The fraction of sp³-hybridized carbons (Fsp3) is 0.312. The zero-order valence-corrected chi connectivity index (χ0v) is 12.7. The summed E-state index contributed by atoms with van der Waals surface area (Å²) in [5.41, 5.74) is 0.706. The molecule has 1 aromatic carbocycles. The molecule has 2 rings (SSSR count). The van der Waals surface area contributed by atoms with Gasteiger partial charge in [0.1, 0.15) is 5.82 Å². The van der Waals surface area contributed by atoms with Crippen molar-refractivity contribution in [3.8, 4) is 0 Å². The number of para-hydroxylation sites is 1. The van der Waals surface area contributed by atoms with Crippen molar-refractivity contribution >= 4 is 23.4 Å². The van der Waals surface area contributed by atoms with Gasteiger partial charge in [-0.05, 0) is 30.5 Å². The van der Waals surface area contributed by atoms with E-state index in [0.29, 0.717) is 23.4 Å². The Bertz CT molecular complexity index is 644. The number of nitrogens with one attached hydrogen (secondary N) is 2. The van der Waals surface area contributed by atoms with Crippen LogP contribution >= 0.6 is 0 Å². The van der Waals surface area contributed by atoms with Gasteiger partial charge in [0.05, 0.1) is 11.3 Å². The molecule has 6 heteroatoms. The lowest BCUT2D eigenvalue weighted by Crippen LogP contribution is -2.09. The van der Waals surface area contributed by atoms with Crippen LogP contribution in [0.15, 0.2) is 36.5 Å². The molecular formula is C16H20N4O2. The summed E-state index contributed by atoms with van der Waals surface area (Å²) in [5.74, 6) is 0.706. The quantitative estimate of drug-likeness (QED) is 0.726. The molecule has 0 spiro atoms. The van der Waals surface area contributed by atoms with Crippen molar-refractivity contribution < 1.29 is 9.90 Å². The van der Waals surface area contributed by atoms with Gasteiger partial charge in [-0.25, -0.2) is 9.78 Å². The van der Waals surface area contributed by atoms with Gasteiger partial charge in [-0.3, -0.25) is 0 Å². The molecule has 116 valence electrons. The number of carboxylic acids is 1. The lowest BCUT2D eigenvalue weighted by Gasteiger charge is -2.10. The molecule has 0 aliphatic heterocycles. The van der Waals surface area contributed by atoms with Crippen LogP contribution in [0.3, 0.4) is 0 Å². The number of aromatic nitrogens is 2. The molecule has 0 fully saturated rings. The zero-order valence-electron chi connectivity index (χ0n) is 12.7. The van der Waals surface area contributed by atoms with Crippen LogP contribution in [0.25, 0.3) is 0 Å². The number of nitrogens with zero attached hydrogens (tertiary/aromatic N) is 2. The van der Waals surface area contributed by atoms with Crippen molar-refractivity contribution in [3.05, 3.63) is 42.1 Å². The van der Waals surface area contributed by atoms with E-state index in [1.807, 2.05) is 0 Å². The minimum atomic E-state index is -0.979. The van der Waals surface area contributed by atoms with Crippen LogP contribution in [0.2, 0.25) is 0 Å². The maximum atomic E-state index is 11.2. The number of carbonyl (C=O) groups is 1. The van der Waals surface area contributed by atoms with Gasteiger partial charge in [0, 0.05) is 12.7 Å². The number of carboxylic acid groups (broad SMARTS) is 1. The third-order valence-corrected chi connectivity index (χ3v) is 3.08. The minimum Gasteiger partial charge on any atom is -0.478 e. The average Bonchev–Trinajstić information content (AvgIpc) is 2.47. The molecular weight excluding hydrogens is 280 g/mol. The molecule has 0 unspecified atom stereocenters. The molecule has 22 heavy (non-hydrogen) atoms. The molecule has 0 aliphatic rings. The Balaban J connectivity index is 2.09. The van der Waals surface area contributed by atoms with Crippen LogP contribution in [0, 0.1) is 5.92 Å². The number of aromatic carboxylic acids is 1. The highest BCUT2D eigenvalue weighted by Gasteiger charge is 2.09. The second-order valence-electron chi connectivity index (χ2n) is 5.35. The summed E-state index contributed by atoms with van der Waals surface area (Å²) in [6, 6.07) is 8.42. The summed E-state index contributed by atoms with van der Waals surface area (Å²) in [7, 11) is 0. The summed E-state index contributed by atoms with van der Waals surface area (Å²) in [4.78, 5) is 19.7. The van der Waals surface area contributed by atoms with Crippen LogP contribution in [0.4, 0.5) is 17.5 Å². The van der Waals surface area contributed by atoms with Gasteiger partial charge in [-0.1, -0.05) is 26.0 Å². The van der Waals surface area contributed by atoms with E-state index in [-0.39, 0.29) is 5.56 Å². The molecule has 0 aliphatic carbocycles. The van der Waals surface area contributed by atoms with E-state index in [4.69, 9.17) is 0 Å². The van der Waals surface area contributed by atoms with Gasteiger partial charge in [0.2, 0.25) is 5.95 Å². The molecule has 0 bridgehead atoms. The normalized spacial score (nSPS) is 10.5. The first-order valence-corrected chi connectivity index (χ1v) is 7.22. The van der Waals surface area contributed by atoms with Crippen molar-refractivity contribution in [2.75, 3.05) is 17.2 Å². The molecule has 1 aromatic heterocycles. The number of hydrogen-bond acceptors (Lipinski definition) is 5. The largest absolute Gasteiger partial charge is 0.478 e. The number of hydrogen-bond donors (Lipinski definition) is 3. The molecule has 1 heterocycles. The molecule has 0 amide bonds. The van der Waals surface area contributed by atoms with E-state index < -0.39 is 5.97 Å². The van der Waals surface area contributed by atoms with Crippen LogP contribution in [-0.4, -0.2) is 27.6 Å². The second kappa shape index (κ2) is 7.40. The Labute approximate surface area is 129 Å². The third kappa shape index (κ3) is 4.44. The lowest BCUT2D eigenvalue weighted by atomic mass is 10.1. The number of anilines is 3. The molecule has 6 nitrogen and oxygen atoms in total. The lowest BCUT2D eigenvalue weighted by molar-refractivity contribution is 0.0698. The van der Waals surface area contributed by atoms with Crippen LogP contribution in [0.5, 0.6) is 0 Å². The fourth-order valence-corrected chi connectivity index (χ4v) is 1.90. The maximum absolute atomic E-state index is 11.2. The molecule has 2 aromatic rings. The zero-order chi connectivity index (χ0) is 15.9. The summed E-state index contributed by atoms with van der Waals surface area (Å²) >= 11 is 0. The topological polar surface area (TPSA) is 87.1 Å². The number of benzene rings is 1. The molecule has 0 radical (unpaired) electrons. The van der Waals surface area contributed by atoms with Gasteiger partial charge in [-0.2, -0.15) is 4.98 Å². The maximum Gasteiger partial charge on any atom is 0.337 e. The Kier molecular flexibility index (Phi) is 5.30. The van der Waals surface area contributed by atoms with Gasteiger partial charge in [0.25, 0.3) is 0 Å². The van der Waals surface area contributed by atoms with Gasteiger partial charge < -0.3 is 15.7 Å². The van der Waals surface area contributed by atoms with Crippen molar-refractivity contribution in [2.24, 2.45) is 5.92 Å². The van der Waals surface area contributed by atoms with Crippen molar-refractivity contribution in [2.45, 2.75) is 20.3 Å². The fourth-order valence-electron chi connectivity index (χ4n) is 1.90. The Morgan fingerprint density at radius 2 is 2.05 bits per heavy atom. The summed E-state index contributed by atoms with van der Waals surface area (Å²) < 4.78 is 0. The number of rotatable bonds is 7. The summed E-state index contributed by atoms with van der Waals surface area (Å²) in [6.45, 7) is 5.11. The molecule has 0 atom stereocenters. The second-order valence-corrected chi connectivity index (χ2v) is 5.35. The highest BCUT2D eigenvalue weighted by atomic mass is 16.4. The highest BCUT2D eigenvalue weighted by Crippen LogP contribution is 2.20. The van der Waals surface area contributed by atoms with E-state index in [1.54, 1.807) is 36.5 Å². The summed E-state index contributed by atoms with van der Waals surface area (Å²) in [5, 5.41) is 15.4. The van der Waals surface area contributed by atoms with E-state index in [0.717, 1.165) is 13.0 Å². The first-order chi connectivity index (χ1) is 10.6. The first kappa shape index (κ1) is 15.8. The first-order valence-electron chi connectivity index (χ1n) is 7.22. The molecule has 0 saturated heterocycles. The Hall–Kier alpha value is -2.63. The van der Waals surface area contributed by atoms with E-state index in [9.17, 15) is 9.90 Å². The van der Waals surface area contributed by atoms with E-state index >= 15 is 0 Å². The molecule has 3 N–H and O–H groups in total. The van der Waals surface area contributed by atoms with Gasteiger partial charge in [0.15, 0.2) is 0 Å². The van der Waals surface area contributed by atoms with Crippen molar-refractivity contribution in [1.29, 1.82) is 0 Å². The minimum absolute atomic E-state index is 0.204. The van der Waals surface area contributed by atoms with Crippen LogP contribution in [0.1, 0.15) is 30.6 Å². The predicted molar refractivity (Wildman–Crippen MR) is 86.7 cm³/mol. The molecule has 0 saturated carbocycles. The third-order valence-electron chi connectivity index (χ3n) is 3.08. The van der Waals surface area contributed by atoms with E-state index in [1.165, 1.54) is 0 Å². The van der Waals surface area contributed by atoms with Gasteiger partial charge in [-0.15, -0.1) is 0 Å². The van der Waals surface area contributed by atoms with Crippen LogP contribution < -0.4 is 10.6 Å². The van der Waals surface area contributed by atoms with E-state index in [2.05, 4.69) is 34.4 Å². The Morgan fingerprint density at radius 3 is 2.77 bits per heavy atom. The van der Waals surface area contributed by atoms with Crippen LogP contribution in [-0.2, 0) is 0 Å².